The fourth-order valence-electron chi connectivity index (χ4n) is 4.06. The van der Waals surface area contributed by atoms with Gasteiger partial charge in [0.25, 0.3) is 0 Å². The van der Waals surface area contributed by atoms with Gasteiger partial charge in [-0.15, -0.1) is 6.58 Å². The van der Waals surface area contributed by atoms with Crippen molar-refractivity contribution in [1.82, 2.24) is 14.8 Å². The van der Waals surface area contributed by atoms with Crippen LogP contribution in [0.1, 0.15) is 16.8 Å². The highest BCUT2D eigenvalue weighted by Gasteiger charge is 2.61. The van der Waals surface area contributed by atoms with Crippen molar-refractivity contribution < 1.29 is 24.9 Å². The van der Waals surface area contributed by atoms with E-state index in [0.29, 0.717) is 29.9 Å². The number of rotatable bonds is 6. The molecule has 2 aliphatic heterocycles. The summed E-state index contributed by atoms with van der Waals surface area (Å²) in [6, 6.07) is 0. The lowest BCUT2D eigenvalue weighted by Crippen LogP contribution is -2.40. The van der Waals surface area contributed by atoms with Crippen LogP contribution in [-0.2, 0) is 22.7 Å². The van der Waals surface area contributed by atoms with Crippen LogP contribution >= 0.6 is 0 Å². The Morgan fingerprint density at radius 2 is 2.23 bits per heavy atom. The first kappa shape index (κ1) is 18.3. The molecular formula is C18H23N3O5. The highest BCUT2D eigenvalue weighted by molar-refractivity contribution is 5.92. The second-order valence-electron chi connectivity index (χ2n) is 7.05. The molecule has 2 saturated heterocycles. The molecule has 3 rings (SSSR count). The predicted octanol–water partition coefficient (Wildman–Crippen LogP) is 0.119. The first-order valence-corrected chi connectivity index (χ1v) is 8.46. The molecule has 26 heavy (non-hydrogen) atoms. The SMILES string of the molecule is C=CCN1C[C@@]2(C(=O)O)CN(Cc3c(CO)cnc(C)c3O)C[C@H]2C1=O. The second kappa shape index (κ2) is 6.69. The molecule has 3 N–H and O–H groups in total. The lowest BCUT2D eigenvalue weighted by Gasteiger charge is -2.25. The largest absolute Gasteiger partial charge is 0.506 e. The molecule has 2 fully saturated rings. The quantitative estimate of drug-likeness (QED) is 0.617. The van der Waals surface area contributed by atoms with Crippen LogP contribution in [0.4, 0.5) is 0 Å². The number of pyridine rings is 1. The molecule has 0 unspecified atom stereocenters. The number of aliphatic hydroxyl groups is 1. The summed E-state index contributed by atoms with van der Waals surface area (Å²) in [5.41, 5.74) is 0.305. The zero-order chi connectivity index (χ0) is 19.1. The Kier molecular flexibility index (Phi) is 4.72. The number of carbonyl (C=O) groups is 2. The molecule has 0 aromatic carbocycles. The molecule has 8 nitrogen and oxygen atoms in total. The molecule has 2 aliphatic rings. The minimum atomic E-state index is -1.16. The molecule has 0 bridgehead atoms. The molecule has 1 amide bonds. The Balaban J connectivity index is 1.87. The van der Waals surface area contributed by atoms with E-state index in [1.807, 2.05) is 4.90 Å². The second-order valence-corrected chi connectivity index (χ2v) is 7.05. The summed E-state index contributed by atoms with van der Waals surface area (Å²) in [6.45, 7) is 6.26. The standard InChI is InChI=1S/C18H23N3O5/c1-3-4-21-10-18(17(25)26)9-20(7-14(18)16(21)24)6-13-12(8-22)5-19-11(2)15(13)23/h3,5,14,22-23H,1,4,6-10H2,2H3,(H,25,26)/t14-,18-/m0/s1. The number of hydrogen-bond donors (Lipinski definition) is 3. The van der Waals surface area contributed by atoms with E-state index < -0.39 is 17.3 Å². The Hall–Kier alpha value is -2.45. The first-order chi connectivity index (χ1) is 12.3. The van der Waals surface area contributed by atoms with E-state index in [2.05, 4.69) is 11.6 Å². The number of aliphatic hydroxyl groups excluding tert-OH is 1. The van der Waals surface area contributed by atoms with Gasteiger partial charge in [-0.1, -0.05) is 6.08 Å². The van der Waals surface area contributed by atoms with Crippen molar-refractivity contribution in [2.24, 2.45) is 11.3 Å². The van der Waals surface area contributed by atoms with E-state index in [9.17, 15) is 24.9 Å². The van der Waals surface area contributed by atoms with Gasteiger partial charge in [-0.3, -0.25) is 19.5 Å². The molecule has 0 spiro atoms. The molecule has 1 aromatic heterocycles. The molecular weight excluding hydrogens is 338 g/mol. The number of carboxylic acid groups (broad SMARTS) is 1. The highest BCUT2D eigenvalue weighted by Crippen LogP contribution is 2.44. The van der Waals surface area contributed by atoms with Crippen LogP contribution in [0.2, 0.25) is 0 Å². The maximum absolute atomic E-state index is 12.6. The van der Waals surface area contributed by atoms with Gasteiger partial charge < -0.3 is 20.2 Å². The summed E-state index contributed by atoms with van der Waals surface area (Å²) in [6.07, 6.45) is 3.10. The maximum atomic E-state index is 12.6. The molecule has 1 aromatic rings. The molecule has 8 heteroatoms. The van der Waals surface area contributed by atoms with Crippen molar-refractivity contribution in [3.8, 4) is 5.75 Å². The number of aromatic nitrogens is 1. The average Bonchev–Trinajstić information content (AvgIpc) is 3.09. The van der Waals surface area contributed by atoms with Gasteiger partial charge in [0, 0.05) is 50.0 Å². The van der Waals surface area contributed by atoms with Gasteiger partial charge in [0.05, 0.1) is 18.2 Å². The number of aromatic hydroxyl groups is 1. The zero-order valence-electron chi connectivity index (χ0n) is 14.7. The van der Waals surface area contributed by atoms with Gasteiger partial charge in [0.1, 0.15) is 11.2 Å². The maximum Gasteiger partial charge on any atom is 0.313 e. The van der Waals surface area contributed by atoms with Gasteiger partial charge in [-0.25, -0.2) is 0 Å². The lowest BCUT2D eigenvalue weighted by atomic mass is 9.81. The molecule has 0 aliphatic carbocycles. The molecule has 2 atom stereocenters. The number of fused-ring (bicyclic) bond motifs is 1. The normalized spacial score (nSPS) is 25.5. The first-order valence-electron chi connectivity index (χ1n) is 8.46. The van der Waals surface area contributed by atoms with E-state index >= 15 is 0 Å². The summed E-state index contributed by atoms with van der Waals surface area (Å²) in [5, 5.41) is 29.6. The molecule has 3 heterocycles. The van der Waals surface area contributed by atoms with Crippen LogP contribution in [0.3, 0.4) is 0 Å². The van der Waals surface area contributed by atoms with E-state index in [4.69, 9.17) is 0 Å². The van der Waals surface area contributed by atoms with Crippen LogP contribution in [0.5, 0.6) is 5.75 Å². The van der Waals surface area contributed by atoms with E-state index in [-0.39, 0.29) is 37.9 Å². The van der Waals surface area contributed by atoms with Gasteiger partial charge in [-0.2, -0.15) is 0 Å². The number of likely N-dealkylation sites (tertiary alicyclic amines) is 2. The van der Waals surface area contributed by atoms with Crippen LogP contribution in [-0.4, -0.2) is 68.2 Å². The van der Waals surface area contributed by atoms with Crippen molar-refractivity contribution in [3.05, 3.63) is 35.7 Å². The fourth-order valence-corrected chi connectivity index (χ4v) is 4.06. The molecule has 140 valence electrons. The van der Waals surface area contributed by atoms with Crippen molar-refractivity contribution in [1.29, 1.82) is 0 Å². The number of aliphatic carboxylic acids is 1. The van der Waals surface area contributed by atoms with E-state index in [1.165, 1.54) is 11.1 Å². The smallest absolute Gasteiger partial charge is 0.313 e. The van der Waals surface area contributed by atoms with Crippen molar-refractivity contribution in [3.63, 3.8) is 0 Å². The van der Waals surface area contributed by atoms with Gasteiger partial charge in [-0.05, 0) is 6.92 Å². The topological polar surface area (TPSA) is 114 Å². The third-order valence-corrected chi connectivity index (χ3v) is 5.45. The third-order valence-electron chi connectivity index (χ3n) is 5.45. The van der Waals surface area contributed by atoms with Crippen molar-refractivity contribution >= 4 is 11.9 Å². The van der Waals surface area contributed by atoms with Crippen LogP contribution in [0, 0.1) is 18.3 Å². The number of carboxylic acids is 1. The molecule has 0 radical (unpaired) electrons. The number of hydrogen-bond acceptors (Lipinski definition) is 6. The van der Waals surface area contributed by atoms with Crippen molar-refractivity contribution in [2.45, 2.75) is 20.1 Å². The van der Waals surface area contributed by atoms with Crippen LogP contribution in [0.15, 0.2) is 18.9 Å². The van der Waals surface area contributed by atoms with Crippen LogP contribution < -0.4 is 0 Å². The number of aryl methyl sites for hydroxylation is 1. The minimum absolute atomic E-state index is 0.00223. The fraction of sp³-hybridized carbons (Fsp3) is 0.500. The summed E-state index contributed by atoms with van der Waals surface area (Å²) in [5.74, 6) is -1.78. The minimum Gasteiger partial charge on any atom is -0.506 e. The predicted molar refractivity (Wildman–Crippen MR) is 92.2 cm³/mol. The van der Waals surface area contributed by atoms with E-state index in [0.717, 1.165) is 0 Å². The monoisotopic (exact) mass is 361 g/mol. The number of amides is 1. The summed E-state index contributed by atoms with van der Waals surface area (Å²) in [4.78, 5) is 32.1. The zero-order valence-corrected chi connectivity index (χ0v) is 14.7. The Morgan fingerprint density at radius 1 is 1.50 bits per heavy atom. The van der Waals surface area contributed by atoms with Gasteiger partial charge in [0.15, 0.2) is 0 Å². The highest BCUT2D eigenvalue weighted by atomic mass is 16.4. The van der Waals surface area contributed by atoms with E-state index in [1.54, 1.807) is 13.0 Å². The lowest BCUT2D eigenvalue weighted by molar-refractivity contribution is -0.149. The van der Waals surface area contributed by atoms with Gasteiger partial charge in [0.2, 0.25) is 5.91 Å². The van der Waals surface area contributed by atoms with Gasteiger partial charge >= 0.3 is 5.97 Å². The van der Waals surface area contributed by atoms with Crippen molar-refractivity contribution in [2.75, 3.05) is 26.2 Å². The Morgan fingerprint density at radius 3 is 2.81 bits per heavy atom. The number of nitrogens with zero attached hydrogens (tertiary/aromatic N) is 3. The average molecular weight is 361 g/mol. The van der Waals surface area contributed by atoms with Crippen LogP contribution in [0.25, 0.3) is 0 Å². The Labute approximate surface area is 151 Å². The Bertz CT molecular complexity index is 765. The third kappa shape index (κ3) is 2.75. The summed E-state index contributed by atoms with van der Waals surface area (Å²) in [7, 11) is 0. The molecule has 0 saturated carbocycles. The summed E-state index contributed by atoms with van der Waals surface area (Å²) >= 11 is 0. The summed E-state index contributed by atoms with van der Waals surface area (Å²) < 4.78 is 0. The number of carbonyl (C=O) groups excluding carboxylic acids is 1.